The van der Waals surface area contributed by atoms with Crippen molar-refractivity contribution in [2.45, 2.75) is 6.61 Å². The van der Waals surface area contributed by atoms with Gasteiger partial charge in [-0.2, -0.15) is 0 Å². The summed E-state index contributed by atoms with van der Waals surface area (Å²) >= 11 is 6.74. The van der Waals surface area contributed by atoms with Crippen LogP contribution in [0.3, 0.4) is 0 Å². The zero-order valence-electron chi connectivity index (χ0n) is 10.6. The van der Waals surface area contributed by atoms with Crippen molar-refractivity contribution >= 4 is 38.1 Å². The molecule has 0 unspecified atom stereocenters. The van der Waals surface area contributed by atoms with Crippen molar-refractivity contribution in [2.24, 2.45) is 0 Å². The van der Waals surface area contributed by atoms with Gasteiger partial charge in [-0.15, -0.1) is 0 Å². The maximum atomic E-state index is 10.8. The van der Waals surface area contributed by atoms with Crippen LogP contribution in [-0.4, -0.2) is 18.4 Å². The Bertz CT molecular complexity index is 632. The topological polar surface area (TPSA) is 48.4 Å². The van der Waals surface area contributed by atoms with Gasteiger partial charge in [0.15, 0.2) is 11.5 Å². The van der Waals surface area contributed by atoms with Gasteiger partial charge in [0, 0.05) is 28.0 Å². The predicted octanol–water partition coefficient (Wildman–Crippen LogP) is 4.01. The van der Waals surface area contributed by atoms with Gasteiger partial charge in [-0.1, -0.05) is 0 Å². The molecule has 0 atom stereocenters. The van der Waals surface area contributed by atoms with E-state index in [4.69, 9.17) is 9.47 Å². The number of carbonyl (C=O) groups is 1. The first-order chi connectivity index (χ1) is 9.63. The molecule has 1 heterocycles. The highest BCUT2D eigenvalue weighted by molar-refractivity contribution is 9.10. The second-order valence-electron chi connectivity index (χ2n) is 3.95. The highest BCUT2D eigenvalue weighted by Gasteiger charge is 2.12. The zero-order chi connectivity index (χ0) is 14.5. The Balaban J connectivity index is 2.22. The fraction of sp³-hybridized carbons (Fsp3) is 0.143. The highest BCUT2D eigenvalue weighted by atomic mass is 79.9. The van der Waals surface area contributed by atoms with Crippen LogP contribution < -0.4 is 9.47 Å². The van der Waals surface area contributed by atoms with Gasteiger partial charge in [0.25, 0.3) is 0 Å². The van der Waals surface area contributed by atoms with Gasteiger partial charge in [0.05, 0.1) is 11.6 Å². The summed E-state index contributed by atoms with van der Waals surface area (Å²) in [5.41, 5.74) is 1.44. The minimum atomic E-state index is 0.349. The number of hydrogen-bond donors (Lipinski definition) is 0. The highest BCUT2D eigenvalue weighted by Crippen LogP contribution is 2.36. The molecule has 0 saturated carbocycles. The molecule has 1 aromatic heterocycles. The third kappa shape index (κ3) is 3.58. The third-order valence-electron chi connectivity index (χ3n) is 2.53. The Morgan fingerprint density at radius 2 is 2.05 bits per heavy atom. The Kier molecular flexibility index (Phi) is 5.14. The maximum absolute atomic E-state index is 10.8. The first kappa shape index (κ1) is 15.0. The molecule has 20 heavy (non-hydrogen) atoms. The summed E-state index contributed by atoms with van der Waals surface area (Å²) in [4.78, 5) is 14.9. The molecule has 6 heteroatoms. The number of hydrogen-bond acceptors (Lipinski definition) is 4. The van der Waals surface area contributed by atoms with Crippen LogP contribution in [0.1, 0.15) is 15.9 Å². The predicted molar refractivity (Wildman–Crippen MR) is 82.4 cm³/mol. The summed E-state index contributed by atoms with van der Waals surface area (Å²) in [5.74, 6) is 1.06. The number of methoxy groups -OCH3 is 1. The Labute approximate surface area is 133 Å². The lowest BCUT2D eigenvalue weighted by molar-refractivity contribution is 0.112. The lowest BCUT2D eigenvalue weighted by Crippen LogP contribution is -2.00. The molecule has 0 amide bonds. The summed E-state index contributed by atoms with van der Waals surface area (Å²) in [5, 5.41) is 0. The fourth-order valence-corrected chi connectivity index (χ4v) is 2.62. The first-order valence-electron chi connectivity index (χ1n) is 5.69. The maximum Gasteiger partial charge on any atom is 0.175 e. The number of nitrogens with zero attached hydrogens (tertiary/aromatic N) is 1. The van der Waals surface area contributed by atoms with E-state index in [1.54, 1.807) is 24.5 Å². The van der Waals surface area contributed by atoms with E-state index in [0.29, 0.717) is 28.1 Å². The van der Waals surface area contributed by atoms with Crippen molar-refractivity contribution in [1.82, 2.24) is 4.98 Å². The van der Waals surface area contributed by atoms with E-state index in [0.717, 1.165) is 16.3 Å². The van der Waals surface area contributed by atoms with Crippen molar-refractivity contribution in [1.29, 1.82) is 0 Å². The van der Waals surface area contributed by atoms with Crippen molar-refractivity contribution in [3.05, 3.63) is 50.7 Å². The molecule has 104 valence electrons. The number of halogens is 2. The zero-order valence-corrected chi connectivity index (χ0v) is 13.8. The molecule has 1 aromatic carbocycles. The molecule has 2 rings (SSSR count). The number of rotatable bonds is 5. The van der Waals surface area contributed by atoms with Gasteiger partial charge >= 0.3 is 0 Å². The van der Waals surface area contributed by atoms with Gasteiger partial charge in [0.2, 0.25) is 0 Å². The van der Waals surface area contributed by atoms with E-state index in [1.807, 2.05) is 6.07 Å². The standard InChI is InChI=1S/C14H11Br2NO3/c1-19-13-4-9(7-18)3-12(16)14(13)20-8-10-2-11(15)6-17-5-10/h2-7H,8H2,1H3. The second kappa shape index (κ2) is 6.85. The monoisotopic (exact) mass is 399 g/mol. The van der Waals surface area contributed by atoms with Crippen LogP contribution in [0.4, 0.5) is 0 Å². The smallest absolute Gasteiger partial charge is 0.175 e. The van der Waals surface area contributed by atoms with Crippen LogP contribution in [-0.2, 0) is 6.61 Å². The fourth-order valence-electron chi connectivity index (χ4n) is 1.64. The second-order valence-corrected chi connectivity index (χ2v) is 5.72. The van der Waals surface area contributed by atoms with Crippen molar-refractivity contribution in [3.63, 3.8) is 0 Å². The molecule has 2 aromatic rings. The number of carbonyl (C=O) groups excluding carboxylic acids is 1. The molecule has 4 nitrogen and oxygen atoms in total. The van der Waals surface area contributed by atoms with Gasteiger partial charge in [-0.05, 0) is 50.1 Å². The number of ether oxygens (including phenoxy) is 2. The SMILES string of the molecule is COc1cc(C=O)cc(Br)c1OCc1cncc(Br)c1. The molecular weight excluding hydrogens is 390 g/mol. The van der Waals surface area contributed by atoms with Crippen LogP contribution in [0.5, 0.6) is 11.5 Å². The summed E-state index contributed by atoms with van der Waals surface area (Å²) in [6.45, 7) is 0.349. The number of aromatic nitrogens is 1. The van der Waals surface area contributed by atoms with E-state index < -0.39 is 0 Å². The molecule has 0 aliphatic heterocycles. The van der Waals surface area contributed by atoms with Gasteiger partial charge in [-0.25, -0.2) is 0 Å². The minimum absolute atomic E-state index is 0.349. The van der Waals surface area contributed by atoms with Crippen molar-refractivity contribution in [3.8, 4) is 11.5 Å². The van der Waals surface area contributed by atoms with Crippen LogP contribution in [0, 0.1) is 0 Å². The number of aldehydes is 1. The third-order valence-corrected chi connectivity index (χ3v) is 3.56. The Morgan fingerprint density at radius 3 is 2.70 bits per heavy atom. The molecule has 0 fully saturated rings. The van der Waals surface area contributed by atoms with E-state index in [-0.39, 0.29) is 0 Å². The van der Waals surface area contributed by atoms with Crippen LogP contribution >= 0.6 is 31.9 Å². The number of benzene rings is 1. The minimum Gasteiger partial charge on any atom is -0.493 e. The summed E-state index contributed by atoms with van der Waals surface area (Å²) in [6, 6.07) is 5.24. The van der Waals surface area contributed by atoms with Gasteiger partial charge in [0.1, 0.15) is 12.9 Å². The van der Waals surface area contributed by atoms with Crippen LogP contribution in [0.2, 0.25) is 0 Å². The summed E-state index contributed by atoms with van der Waals surface area (Å²) in [6.07, 6.45) is 4.19. The van der Waals surface area contributed by atoms with Crippen LogP contribution in [0.15, 0.2) is 39.5 Å². The van der Waals surface area contributed by atoms with E-state index in [2.05, 4.69) is 36.8 Å². The number of pyridine rings is 1. The van der Waals surface area contributed by atoms with Gasteiger partial charge < -0.3 is 9.47 Å². The largest absolute Gasteiger partial charge is 0.493 e. The first-order valence-corrected chi connectivity index (χ1v) is 7.27. The van der Waals surface area contributed by atoms with Crippen molar-refractivity contribution < 1.29 is 14.3 Å². The molecule has 0 aliphatic rings. The lowest BCUT2D eigenvalue weighted by Gasteiger charge is -2.13. The molecule has 0 bridgehead atoms. The quantitative estimate of drug-likeness (QED) is 0.711. The molecular formula is C14H11Br2NO3. The molecule has 0 aliphatic carbocycles. The molecule has 0 saturated heterocycles. The average molecular weight is 401 g/mol. The van der Waals surface area contributed by atoms with E-state index in [1.165, 1.54) is 7.11 Å². The molecule has 0 radical (unpaired) electrons. The van der Waals surface area contributed by atoms with Crippen LogP contribution in [0.25, 0.3) is 0 Å². The lowest BCUT2D eigenvalue weighted by atomic mass is 10.2. The Morgan fingerprint density at radius 1 is 1.25 bits per heavy atom. The normalized spacial score (nSPS) is 10.2. The average Bonchev–Trinajstić information content (AvgIpc) is 2.45. The molecule has 0 spiro atoms. The Hall–Kier alpha value is -1.40. The summed E-state index contributed by atoms with van der Waals surface area (Å²) in [7, 11) is 1.53. The van der Waals surface area contributed by atoms with Gasteiger partial charge in [-0.3, -0.25) is 9.78 Å². The summed E-state index contributed by atoms with van der Waals surface area (Å²) < 4.78 is 12.6. The van der Waals surface area contributed by atoms with E-state index >= 15 is 0 Å². The van der Waals surface area contributed by atoms with Crippen molar-refractivity contribution in [2.75, 3.05) is 7.11 Å². The van der Waals surface area contributed by atoms with E-state index in [9.17, 15) is 4.79 Å². The molecule has 0 N–H and O–H groups in total.